The van der Waals surface area contributed by atoms with Crippen LogP contribution in [0.2, 0.25) is 0 Å². The molecular formula is C16H17F2N3O3S. The fraction of sp³-hybridized carbons (Fsp3) is 0.188. The van der Waals surface area contributed by atoms with Gasteiger partial charge in [-0.05, 0) is 36.4 Å². The van der Waals surface area contributed by atoms with Gasteiger partial charge in [-0.25, -0.2) is 8.78 Å². The minimum Gasteiger partial charge on any atom is -0.317 e. The maximum Gasteiger partial charge on any atom is 0.303 e. The summed E-state index contributed by atoms with van der Waals surface area (Å²) in [6, 6.07) is 8.83. The summed E-state index contributed by atoms with van der Waals surface area (Å²) in [5.41, 5.74) is -0.0757. The first kappa shape index (κ1) is 18.8. The van der Waals surface area contributed by atoms with Gasteiger partial charge in [0, 0.05) is 26.7 Å². The lowest BCUT2D eigenvalue weighted by atomic mass is 10.2. The van der Waals surface area contributed by atoms with Crippen molar-refractivity contribution in [2.75, 3.05) is 30.8 Å². The normalized spacial score (nSPS) is 11.4. The Bertz CT molecular complexity index is 864. The van der Waals surface area contributed by atoms with Crippen molar-refractivity contribution >= 4 is 27.5 Å². The van der Waals surface area contributed by atoms with E-state index in [-0.39, 0.29) is 5.56 Å². The van der Waals surface area contributed by atoms with Gasteiger partial charge < -0.3 is 5.32 Å². The molecule has 0 aliphatic rings. The summed E-state index contributed by atoms with van der Waals surface area (Å²) in [5, 5.41) is 2.16. The second kappa shape index (κ2) is 7.16. The maximum absolute atomic E-state index is 13.6. The first-order chi connectivity index (χ1) is 11.6. The summed E-state index contributed by atoms with van der Waals surface area (Å²) in [6.07, 6.45) is 0. The molecule has 0 bridgehead atoms. The average molecular weight is 369 g/mol. The molecule has 0 fully saturated rings. The molecule has 0 aliphatic heterocycles. The highest BCUT2D eigenvalue weighted by atomic mass is 32.2. The Morgan fingerprint density at radius 3 is 1.96 bits per heavy atom. The highest BCUT2D eigenvalue weighted by Gasteiger charge is 2.21. The largest absolute Gasteiger partial charge is 0.317 e. The van der Waals surface area contributed by atoms with E-state index in [0.29, 0.717) is 5.69 Å². The van der Waals surface area contributed by atoms with Crippen molar-refractivity contribution in [3.63, 3.8) is 0 Å². The third-order valence-corrected chi connectivity index (χ3v) is 5.33. The number of anilines is 2. The SMILES string of the molecule is CN(C)S(=O)(=O)N(C)c1ccc(C(=O)Nc2c(F)cccc2F)cc1. The van der Waals surface area contributed by atoms with Crippen molar-refractivity contribution in [3.05, 3.63) is 59.7 Å². The topological polar surface area (TPSA) is 69.7 Å². The van der Waals surface area contributed by atoms with Gasteiger partial charge in [0.15, 0.2) is 0 Å². The van der Waals surface area contributed by atoms with Crippen molar-refractivity contribution in [1.82, 2.24) is 4.31 Å². The smallest absolute Gasteiger partial charge is 0.303 e. The molecule has 0 aliphatic carbocycles. The molecule has 0 unspecified atom stereocenters. The molecule has 0 saturated heterocycles. The van der Waals surface area contributed by atoms with Gasteiger partial charge in [-0.15, -0.1) is 0 Å². The molecule has 0 aromatic heterocycles. The fourth-order valence-corrected chi connectivity index (χ4v) is 2.88. The van der Waals surface area contributed by atoms with Gasteiger partial charge >= 0.3 is 10.2 Å². The lowest BCUT2D eigenvalue weighted by Crippen LogP contribution is -2.37. The first-order valence-corrected chi connectivity index (χ1v) is 8.56. The molecule has 2 aromatic rings. The van der Waals surface area contributed by atoms with E-state index in [9.17, 15) is 22.0 Å². The van der Waals surface area contributed by atoms with Crippen molar-refractivity contribution in [1.29, 1.82) is 0 Å². The van der Waals surface area contributed by atoms with E-state index < -0.39 is 33.4 Å². The predicted molar refractivity (Wildman–Crippen MR) is 91.8 cm³/mol. The van der Waals surface area contributed by atoms with Crippen molar-refractivity contribution in [2.24, 2.45) is 0 Å². The van der Waals surface area contributed by atoms with E-state index in [1.807, 2.05) is 0 Å². The molecule has 134 valence electrons. The summed E-state index contributed by atoms with van der Waals surface area (Å²) >= 11 is 0. The summed E-state index contributed by atoms with van der Waals surface area (Å²) in [4.78, 5) is 12.1. The standard InChI is InChI=1S/C16H17F2N3O3S/c1-20(2)25(23,24)21(3)12-9-7-11(8-10-12)16(22)19-15-13(17)5-4-6-14(15)18/h4-10H,1-3H3,(H,19,22). The maximum atomic E-state index is 13.6. The molecule has 0 saturated carbocycles. The van der Waals surface area contributed by atoms with E-state index in [0.717, 1.165) is 20.7 Å². The molecule has 1 N–H and O–H groups in total. The third kappa shape index (κ3) is 3.94. The van der Waals surface area contributed by atoms with Crippen LogP contribution >= 0.6 is 0 Å². The van der Waals surface area contributed by atoms with E-state index in [1.165, 1.54) is 51.5 Å². The number of halogens is 2. The highest BCUT2D eigenvalue weighted by Crippen LogP contribution is 2.21. The summed E-state index contributed by atoms with van der Waals surface area (Å²) in [7, 11) is 0.517. The van der Waals surface area contributed by atoms with Crippen LogP contribution in [0.5, 0.6) is 0 Å². The molecule has 0 heterocycles. The molecule has 1 amide bonds. The number of nitrogens with zero attached hydrogens (tertiary/aromatic N) is 2. The van der Waals surface area contributed by atoms with Crippen LogP contribution < -0.4 is 9.62 Å². The average Bonchev–Trinajstić information content (AvgIpc) is 2.57. The van der Waals surface area contributed by atoms with Crippen LogP contribution in [-0.2, 0) is 10.2 Å². The van der Waals surface area contributed by atoms with Crippen LogP contribution in [0, 0.1) is 11.6 Å². The lowest BCUT2D eigenvalue weighted by molar-refractivity contribution is 0.102. The van der Waals surface area contributed by atoms with Crippen LogP contribution in [0.25, 0.3) is 0 Å². The number of carbonyl (C=O) groups excluding carboxylic acids is 1. The van der Waals surface area contributed by atoms with Gasteiger partial charge in [0.25, 0.3) is 5.91 Å². The van der Waals surface area contributed by atoms with Crippen LogP contribution in [0.1, 0.15) is 10.4 Å². The van der Waals surface area contributed by atoms with Crippen molar-refractivity contribution in [2.45, 2.75) is 0 Å². The first-order valence-electron chi connectivity index (χ1n) is 7.16. The van der Waals surface area contributed by atoms with Crippen molar-refractivity contribution in [3.8, 4) is 0 Å². The van der Waals surface area contributed by atoms with Crippen LogP contribution in [0.15, 0.2) is 42.5 Å². The number of para-hydroxylation sites is 1. The number of hydrogen-bond donors (Lipinski definition) is 1. The molecule has 25 heavy (non-hydrogen) atoms. The molecule has 9 heteroatoms. The Hall–Kier alpha value is -2.52. The summed E-state index contributed by atoms with van der Waals surface area (Å²) in [5.74, 6) is -2.49. The van der Waals surface area contributed by atoms with Crippen LogP contribution in [-0.4, -0.2) is 39.8 Å². The number of rotatable bonds is 5. The number of amides is 1. The highest BCUT2D eigenvalue weighted by molar-refractivity contribution is 7.90. The van der Waals surface area contributed by atoms with E-state index >= 15 is 0 Å². The van der Waals surface area contributed by atoms with Crippen LogP contribution in [0.3, 0.4) is 0 Å². The zero-order valence-electron chi connectivity index (χ0n) is 13.8. The van der Waals surface area contributed by atoms with Crippen molar-refractivity contribution < 1.29 is 22.0 Å². The Morgan fingerprint density at radius 1 is 0.960 bits per heavy atom. The molecule has 2 rings (SSSR count). The summed E-state index contributed by atoms with van der Waals surface area (Å²) < 4.78 is 53.3. The Balaban J connectivity index is 2.21. The Labute approximate surface area is 144 Å². The third-order valence-electron chi connectivity index (χ3n) is 3.50. The molecule has 0 atom stereocenters. The molecular weight excluding hydrogens is 352 g/mol. The number of nitrogens with one attached hydrogen (secondary N) is 1. The monoisotopic (exact) mass is 369 g/mol. The van der Waals surface area contributed by atoms with E-state index in [4.69, 9.17) is 0 Å². The Kier molecular flexibility index (Phi) is 5.39. The molecule has 6 nitrogen and oxygen atoms in total. The molecule has 2 aromatic carbocycles. The lowest BCUT2D eigenvalue weighted by Gasteiger charge is -2.23. The molecule has 0 radical (unpaired) electrons. The van der Waals surface area contributed by atoms with Gasteiger partial charge in [-0.3, -0.25) is 9.10 Å². The zero-order valence-corrected chi connectivity index (χ0v) is 14.6. The van der Waals surface area contributed by atoms with Gasteiger partial charge in [-0.2, -0.15) is 12.7 Å². The number of hydrogen-bond acceptors (Lipinski definition) is 3. The predicted octanol–water partition coefficient (Wildman–Crippen LogP) is 2.46. The fourth-order valence-electron chi connectivity index (χ4n) is 2.00. The van der Waals surface area contributed by atoms with Gasteiger partial charge in [-0.1, -0.05) is 6.07 Å². The minimum atomic E-state index is -3.66. The van der Waals surface area contributed by atoms with Crippen LogP contribution in [0.4, 0.5) is 20.2 Å². The van der Waals surface area contributed by atoms with E-state index in [1.54, 1.807) is 0 Å². The second-order valence-corrected chi connectivity index (χ2v) is 7.53. The molecule has 0 spiro atoms. The van der Waals surface area contributed by atoms with Gasteiger partial charge in [0.1, 0.15) is 17.3 Å². The van der Waals surface area contributed by atoms with Gasteiger partial charge in [0.2, 0.25) is 0 Å². The Morgan fingerprint density at radius 2 is 1.48 bits per heavy atom. The zero-order chi connectivity index (χ0) is 18.8. The minimum absolute atomic E-state index is 0.127. The van der Waals surface area contributed by atoms with E-state index in [2.05, 4.69) is 5.32 Å². The number of carbonyl (C=O) groups is 1. The quantitative estimate of drug-likeness (QED) is 0.880. The number of benzene rings is 2. The second-order valence-electron chi connectivity index (χ2n) is 5.36. The van der Waals surface area contributed by atoms with Gasteiger partial charge in [0.05, 0.1) is 5.69 Å². The summed E-state index contributed by atoms with van der Waals surface area (Å²) in [6.45, 7) is 0.